The van der Waals surface area contributed by atoms with E-state index >= 15 is 0 Å². The quantitative estimate of drug-likeness (QED) is 0.690. The summed E-state index contributed by atoms with van der Waals surface area (Å²) in [5.41, 5.74) is 2.23. The maximum Gasteiger partial charge on any atom is 0.259 e. The van der Waals surface area contributed by atoms with Gasteiger partial charge in [-0.1, -0.05) is 36.8 Å². The number of H-pyrrole nitrogens is 1. The highest BCUT2D eigenvalue weighted by Gasteiger charge is 2.30. The molecule has 0 saturated heterocycles. The Labute approximate surface area is 173 Å². The Morgan fingerprint density at radius 1 is 1.10 bits per heavy atom. The van der Waals surface area contributed by atoms with Gasteiger partial charge in [0.15, 0.2) is 0 Å². The Bertz CT molecular complexity index is 1100. The van der Waals surface area contributed by atoms with Crippen molar-refractivity contribution in [3.8, 4) is 0 Å². The number of nitrogens with one attached hydrogen (secondary N) is 1. The predicted octanol–water partition coefficient (Wildman–Crippen LogP) is 4.19. The van der Waals surface area contributed by atoms with Crippen LogP contribution in [0.15, 0.2) is 35.1 Å². The molecule has 1 N–H and O–H groups in total. The molecule has 3 aromatic rings. The van der Waals surface area contributed by atoms with E-state index in [2.05, 4.69) is 4.98 Å². The highest BCUT2D eigenvalue weighted by Crippen LogP contribution is 2.34. The highest BCUT2D eigenvalue weighted by molar-refractivity contribution is 7.18. The summed E-state index contributed by atoms with van der Waals surface area (Å²) in [5.74, 6) is 0.876. The normalized spacial score (nSPS) is 16.4. The minimum absolute atomic E-state index is 0.0554. The molecule has 150 valence electrons. The van der Waals surface area contributed by atoms with Gasteiger partial charge in [-0.25, -0.2) is 4.98 Å². The van der Waals surface area contributed by atoms with E-state index in [-0.39, 0.29) is 17.4 Å². The van der Waals surface area contributed by atoms with E-state index in [0.717, 1.165) is 54.3 Å². The zero-order valence-corrected chi connectivity index (χ0v) is 17.3. The summed E-state index contributed by atoms with van der Waals surface area (Å²) in [7, 11) is 0. The topological polar surface area (TPSA) is 66.1 Å². The van der Waals surface area contributed by atoms with Gasteiger partial charge in [-0.05, 0) is 49.7 Å². The fourth-order valence-corrected chi connectivity index (χ4v) is 5.67. The summed E-state index contributed by atoms with van der Waals surface area (Å²) in [6, 6.07) is 10.0. The molecule has 6 heteroatoms. The number of hydrogen-bond donors (Lipinski definition) is 1. The van der Waals surface area contributed by atoms with Gasteiger partial charge in [-0.3, -0.25) is 9.59 Å². The lowest BCUT2D eigenvalue weighted by molar-refractivity contribution is -0.139. The fourth-order valence-electron chi connectivity index (χ4n) is 4.39. The van der Waals surface area contributed by atoms with Gasteiger partial charge in [0.2, 0.25) is 5.91 Å². The lowest BCUT2D eigenvalue weighted by Crippen LogP contribution is -2.38. The van der Waals surface area contributed by atoms with Crippen LogP contribution in [0.2, 0.25) is 0 Å². The predicted molar refractivity (Wildman–Crippen MR) is 115 cm³/mol. The van der Waals surface area contributed by atoms with Crippen molar-refractivity contribution in [1.82, 2.24) is 14.9 Å². The monoisotopic (exact) mass is 407 g/mol. The molecular weight excluding hydrogens is 382 g/mol. The largest absolute Gasteiger partial charge is 0.331 e. The summed E-state index contributed by atoms with van der Waals surface area (Å²) in [6.07, 6.45) is 7.39. The van der Waals surface area contributed by atoms with Gasteiger partial charge < -0.3 is 9.88 Å². The minimum Gasteiger partial charge on any atom is -0.331 e. The molecule has 0 radical (unpaired) electrons. The molecular formula is C23H25N3O2S. The van der Waals surface area contributed by atoms with Crippen LogP contribution in [0.25, 0.3) is 10.2 Å². The number of aromatic nitrogens is 2. The van der Waals surface area contributed by atoms with E-state index in [1.807, 2.05) is 35.2 Å². The van der Waals surface area contributed by atoms with Gasteiger partial charge >= 0.3 is 0 Å². The molecule has 1 aromatic carbocycles. The number of aromatic amines is 1. The molecule has 0 bridgehead atoms. The fraction of sp³-hybridized carbons (Fsp3) is 0.435. The lowest BCUT2D eigenvalue weighted by atomic mass is 9.84. The molecule has 29 heavy (non-hydrogen) atoms. The van der Waals surface area contributed by atoms with Crippen molar-refractivity contribution in [3.63, 3.8) is 0 Å². The molecule has 1 fully saturated rings. The van der Waals surface area contributed by atoms with Crippen molar-refractivity contribution in [2.45, 2.75) is 58.0 Å². The Morgan fingerprint density at radius 2 is 1.90 bits per heavy atom. The molecule has 0 unspecified atom stereocenters. The van der Waals surface area contributed by atoms with Crippen LogP contribution >= 0.6 is 11.3 Å². The third kappa shape index (κ3) is 3.62. The zero-order valence-electron chi connectivity index (χ0n) is 16.4. The van der Waals surface area contributed by atoms with Crippen LogP contribution in [0.1, 0.15) is 53.9 Å². The number of carbonyl (C=O) groups excluding carboxylic acids is 1. The summed E-state index contributed by atoms with van der Waals surface area (Å²) in [4.78, 5) is 37.7. The van der Waals surface area contributed by atoms with Crippen LogP contribution in [0.5, 0.6) is 0 Å². The van der Waals surface area contributed by atoms with Crippen molar-refractivity contribution in [2.75, 3.05) is 0 Å². The van der Waals surface area contributed by atoms with E-state index in [1.165, 1.54) is 16.9 Å². The number of fused-ring (bicyclic) bond motifs is 3. The second-order valence-corrected chi connectivity index (χ2v) is 9.30. The maximum absolute atomic E-state index is 13.1. The molecule has 1 saturated carbocycles. The maximum atomic E-state index is 13.1. The molecule has 2 aliphatic rings. The minimum atomic E-state index is -0.0554. The van der Waals surface area contributed by atoms with Crippen LogP contribution in [-0.2, 0) is 30.7 Å². The Hall–Kier alpha value is -2.47. The average Bonchev–Trinajstić information content (AvgIpc) is 3.05. The summed E-state index contributed by atoms with van der Waals surface area (Å²) in [6.45, 7) is 0.886. The number of rotatable bonds is 5. The second kappa shape index (κ2) is 7.75. The number of carbonyl (C=O) groups is 1. The summed E-state index contributed by atoms with van der Waals surface area (Å²) in [5, 5.41) is 0.772. The molecule has 5 nitrogen and oxygen atoms in total. The molecule has 0 spiro atoms. The number of nitrogens with zero attached hydrogens (tertiary/aromatic N) is 2. The van der Waals surface area contributed by atoms with Crippen LogP contribution < -0.4 is 5.56 Å². The first kappa shape index (κ1) is 18.6. The first-order valence-electron chi connectivity index (χ1n) is 10.5. The molecule has 1 amide bonds. The van der Waals surface area contributed by atoms with Gasteiger partial charge in [0.25, 0.3) is 5.56 Å². The van der Waals surface area contributed by atoms with Gasteiger partial charge in [0.05, 0.1) is 11.9 Å². The molecule has 0 aliphatic heterocycles. The first-order chi connectivity index (χ1) is 14.2. The highest BCUT2D eigenvalue weighted by atomic mass is 32.1. The van der Waals surface area contributed by atoms with E-state index in [0.29, 0.717) is 18.9 Å². The van der Waals surface area contributed by atoms with Crippen molar-refractivity contribution >= 4 is 27.5 Å². The smallest absolute Gasteiger partial charge is 0.259 e. The van der Waals surface area contributed by atoms with Crippen LogP contribution in [0.4, 0.5) is 0 Å². The summed E-state index contributed by atoms with van der Waals surface area (Å²) >= 11 is 1.65. The first-order valence-corrected chi connectivity index (χ1v) is 11.4. The third-order valence-corrected chi connectivity index (χ3v) is 7.38. The SMILES string of the molecule is O=C(C1CCC1)N(Cc1ccccc1)Cc1nc2sc3c(c2c(=O)[nH]1)CCCC3. The zero-order chi connectivity index (χ0) is 19.8. The summed E-state index contributed by atoms with van der Waals surface area (Å²) < 4.78 is 0. The van der Waals surface area contributed by atoms with Crippen molar-refractivity contribution in [3.05, 3.63) is 62.5 Å². The van der Waals surface area contributed by atoms with Crippen LogP contribution in [-0.4, -0.2) is 20.8 Å². The van der Waals surface area contributed by atoms with Gasteiger partial charge in [0, 0.05) is 17.3 Å². The van der Waals surface area contributed by atoms with E-state index in [1.54, 1.807) is 11.3 Å². The van der Waals surface area contributed by atoms with E-state index < -0.39 is 0 Å². The van der Waals surface area contributed by atoms with Gasteiger partial charge in [0.1, 0.15) is 10.7 Å². The molecule has 5 rings (SSSR count). The Kier molecular flexibility index (Phi) is 4.96. The van der Waals surface area contributed by atoms with Gasteiger partial charge in [-0.15, -0.1) is 11.3 Å². The van der Waals surface area contributed by atoms with Gasteiger partial charge in [-0.2, -0.15) is 0 Å². The van der Waals surface area contributed by atoms with Crippen LogP contribution in [0, 0.1) is 5.92 Å². The van der Waals surface area contributed by atoms with Crippen molar-refractivity contribution < 1.29 is 4.79 Å². The molecule has 0 atom stereocenters. The average molecular weight is 408 g/mol. The lowest BCUT2D eigenvalue weighted by Gasteiger charge is -2.31. The molecule has 2 heterocycles. The number of hydrogen-bond acceptors (Lipinski definition) is 4. The Balaban J connectivity index is 1.46. The number of amides is 1. The number of benzene rings is 1. The third-order valence-electron chi connectivity index (χ3n) is 6.20. The standard InChI is InChI=1S/C23H25N3O2S/c27-21-20-17-11-4-5-12-18(17)29-22(20)25-19(24-21)14-26(23(28)16-9-6-10-16)13-15-7-2-1-3-8-15/h1-3,7-8,16H,4-6,9-14H2,(H,24,25,27). The number of thiophene rings is 1. The van der Waals surface area contributed by atoms with E-state index in [9.17, 15) is 9.59 Å². The Morgan fingerprint density at radius 3 is 2.66 bits per heavy atom. The van der Waals surface area contributed by atoms with E-state index in [4.69, 9.17) is 4.98 Å². The van der Waals surface area contributed by atoms with Crippen molar-refractivity contribution in [2.24, 2.45) is 5.92 Å². The molecule has 2 aliphatic carbocycles. The second-order valence-electron chi connectivity index (χ2n) is 8.21. The van der Waals surface area contributed by atoms with Crippen LogP contribution in [0.3, 0.4) is 0 Å². The molecule has 2 aromatic heterocycles. The number of aryl methyl sites for hydroxylation is 2. The van der Waals surface area contributed by atoms with Crippen molar-refractivity contribution in [1.29, 1.82) is 0 Å².